The zero-order valence-corrected chi connectivity index (χ0v) is 23.4. The predicted octanol–water partition coefficient (Wildman–Crippen LogP) is 5.42. The first-order valence-electron chi connectivity index (χ1n) is 13.9. The number of H-pyrrole nitrogens is 1. The Balaban J connectivity index is 1.42. The summed E-state index contributed by atoms with van der Waals surface area (Å²) in [6.07, 6.45) is -0.464. The zero-order valence-electron chi connectivity index (χ0n) is 23.4. The first-order chi connectivity index (χ1) is 23.0. The van der Waals surface area contributed by atoms with Gasteiger partial charge in [-0.15, -0.1) is 0 Å². The minimum Gasteiger partial charge on any atom is -0.324 e. The van der Waals surface area contributed by atoms with Gasteiger partial charge in [-0.3, -0.25) is 0 Å². The third kappa shape index (κ3) is 4.04. The number of aromatic nitrogens is 1. The topological polar surface area (TPSA) is 102 Å². The van der Waals surface area contributed by atoms with Crippen LogP contribution >= 0.6 is 0 Å². The van der Waals surface area contributed by atoms with E-state index in [2.05, 4.69) is 39.9 Å². The molecule has 5 aliphatic rings. The maximum atomic E-state index is 14.6. The molecular weight excluding hydrogens is 648 g/mol. The molecule has 1 unspecified atom stereocenters. The molecule has 1 N–H and O–H groups in total. The number of benzene rings is 3. The van der Waals surface area contributed by atoms with Gasteiger partial charge < -0.3 is 4.98 Å². The highest BCUT2D eigenvalue weighted by Gasteiger charge is 2.33. The number of halogens is 8. The van der Waals surface area contributed by atoms with Crippen molar-refractivity contribution in [2.75, 3.05) is 0 Å². The van der Waals surface area contributed by atoms with Gasteiger partial charge in [0.1, 0.15) is 16.8 Å². The Morgan fingerprint density at radius 2 is 0.875 bits per heavy atom. The summed E-state index contributed by atoms with van der Waals surface area (Å²) in [4.78, 5) is 33.3. The van der Waals surface area contributed by atoms with Crippen LogP contribution < -0.4 is 11.0 Å². The van der Waals surface area contributed by atoms with E-state index in [1.807, 2.05) is 0 Å². The summed E-state index contributed by atoms with van der Waals surface area (Å²) >= 11 is 0. The molecule has 16 heteroatoms. The van der Waals surface area contributed by atoms with Crippen LogP contribution in [0, 0.1) is 34.9 Å². The molecule has 48 heavy (non-hydrogen) atoms. The van der Waals surface area contributed by atoms with E-state index in [1.54, 1.807) is 0 Å². The molecule has 4 aromatic rings. The van der Waals surface area contributed by atoms with Crippen LogP contribution in [0.4, 0.5) is 35.1 Å². The van der Waals surface area contributed by atoms with Crippen LogP contribution in [0.3, 0.4) is 0 Å². The van der Waals surface area contributed by atoms with Gasteiger partial charge in [0.25, 0.3) is 0 Å². The summed E-state index contributed by atoms with van der Waals surface area (Å²) < 4.78 is 116. The minimum absolute atomic E-state index is 0.0134. The number of aliphatic imine (C=N–C) groups is 5. The lowest BCUT2D eigenvalue weighted by Crippen LogP contribution is -2.15. The van der Waals surface area contributed by atoms with E-state index in [0.29, 0.717) is 0 Å². The second-order valence-electron chi connectivity index (χ2n) is 10.9. The Morgan fingerprint density at radius 1 is 0.479 bits per heavy atom. The molecule has 4 aliphatic heterocycles. The minimum atomic E-state index is -2.18. The highest BCUT2D eigenvalue weighted by atomic mass is 19.2. The van der Waals surface area contributed by atoms with Gasteiger partial charge in [0.15, 0.2) is 76.1 Å². The molecule has 1 aliphatic carbocycles. The fourth-order valence-electron chi connectivity index (χ4n) is 5.77. The number of nitrogens with one attached hydrogen (secondary N) is 1. The van der Waals surface area contributed by atoms with E-state index in [1.165, 1.54) is 0 Å². The monoisotopic (exact) mass is 658 g/mol. The second kappa shape index (κ2) is 9.66. The average Bonchev–Trinajstić information content (AvgIpc) is 3.74. The third-order valence-corrected chi connectivity index (χ3v) is 8.02. The third-order valence-electron chi connectivity index (χ3n) is 8.02. The summed E-state index contributed by atoms with van der Waals surface area (Å²) in [6.45, 7) is 0. The number of aromatic amines is 1. The molecule has 234 valence electrons. The van der Waals surface area contributed by atoms with Crippen LogP contribution in [0.15, 0.2) is 106 Å². The van der Waals surface area contributed by atoms with Gasteiger partial charge in [0, 0.05) is 44.2 Å². The van der Waals surface area contributed by atoms with E-state index >= 15 is 0 Å². The number of hydrogen-bond acceptors (Lipinski definition) is 7. The summed E-state index contributed by atoms with van der Waals surface area (Å²) in [5, 5.41) is -0.0271. The first-order valence-corrected chi connectivity index (χ1v) is 13.9. The van der Waals surface area contributed by atoms with Crippen molar-refractivity contribution in [3.8, 4) is 0 Å². The van der Waals surface area contributed by atoms with Gasteiger partial charge in [0.2, 0.25) is 0 Å². The fraction of sp³-hybridized carbons (Fsp3) is 0.0312. The number of alkyl halides is 1. The van der Waals surface area contributed by atoms with E-state index in [4.69, 9.17) is 0 Å². The van der Waals surface area contributed by atoms with Crippen molar-refractivity contribution in [2.24, 2.45) is 34.9 Å². The second-order valence-corrected chi connectivity index (χ2v) is 10.9. The maximum absolute atomic E-state index is 14.6. The molecule has 0 saturated carbocycles. The van der Waals surface area contributed by atoms with Crippen molar-refractivity contribution in [1.82, 2.24) is 4.98 Å². The number of fused-ring (bicyclic) bond motifs is 16. The lowest BCUT2D eigenvalue weighted by Gasteiger charge is -2.11. The highest BCUT2D eigenvalue weighted by molar-refractivity contribution is 6.27. The van der Waals surface area contributed by atoms with Gasteiger partial charge in [0.05, 0.1) is 0 Å². The van der Waals surface area contributed by atoms with Crippen molar-refractivity contribution < 1.29 is 35.1 Å². The maximum Gasteiger partial charge on any atom is 0.171 e. The average molecular weight is 658 g/mol. The lowest BCUT2D eigenvalue weighted by atomic mass is 9.98. The number of nitrogens with zero attached hydrogens (tertiary/aromatic N) is 7. The van der Waals surface area contributed by atoms with E-state index < -0.39 is 46.9 Å². The molecule has 0 amide bonds. The molecule has 8 nitrogen and oxygen atoms in total. The van der Waals surface area contributed by atoms with Gasteiger partial charge in [-0.25, -0.2) is 70.1 Å². The number of rotatable bonds is 0. The normalized spacial score (nSPS) is 18.9. The molecule has 1 aromatic heterocycles. The molecule has 0 spiro atoms. The zero-order chi connectivity index (χ0) is 33.2. The van der Waals surface area contributed by atoms with Gasteiger partial charge in [-0.2, -0.15) is 0 Å². The molecule has 3 aromatic carbocycles. The van der Waals surface area contributed by atoms with Crippen molar-refractivity contribution in [2.45, 2.75) is 6.17 Å². The Bertz CT molecular complexity index is 2660. The summed E-state index contributed by atoms with van der Waals surface area (Å²) in [6, 6.07) is 4.89. The smallest absolute Gasteiger partial charge is 0.171 e. The molecule has 1 atom stereocenters. The molecular formula is C32H10F8N8. The number of hydrogen-bond donors (Lipinski definition) is 1. The van der Waals surface area contributed by atoms with E-state index in [0.717, 1.165) is 48.6 Å². The van der Waals surface area contributed by atoms with Crippen LogP contribution in [-0.2, 0) is 0 Å². The van der Waals surface area contributed by atoms with Crippen molar-refractivity contribution in [1.29, 1.82) is 0 Å². The summed E-state index contributed by atoms with van der Waals surface area (Å²) in [5.41, 5.74) is -0.570. The van der Waals surface area contributed by atoms with Crippen LogP contribution in [0.1, 0.15) is 22.3 Å². The van der Waals surface area contributed by atoms with Gasteiger partial charge in [-0.1, -0.05) is 0 Å². The van der Waals surface area contributed by atoms with E-state index in [-0.39, 0.29) is 90.1 Å². The number of amidine groups is 5. The first kappa shape index (κ1) is 28.1. The van der Waals surface area contributed by atoms with Crippen molar-refractivity contribution >= 4 is 40.0 Å². The standard InChI is InChI=1S/C32H10F8N8/c33-17-1-9-10(2-18(17)34)26-41-25(9)45-27-11-3-19(35)20(36)4-12(11)29(42-27)47-31-15-7-23(39)24(40)8-16(15)32(44-31)48-30-14-6-22(38)21(37)5-13(14)28(43-30)46-26/h1-8,17H,(H,41,42,43,44,45,46,47,48). The van der Waals surface area contributed by atoms with Crippen LogP contribution in [0.5, 0.6) is 0 Å². The summed E-state index contributed by atoms with van der Waals surface area (Å²) in [7, 11) is 0. The molecule has 8 bridgehead atoms. The van der Waals surface area contributed by atoms with Crippen LogP contribution in [0.25, 0.3) is 10.8 Å². The van der Waals surface area contributed by atoms with Crippen molar-refractivity contribution in [3.05, 3.63) is 139 Å². The van der Waals surface area contributed by atoms with Crippen LogP contribution in [0.2, 0.25) is 0 Å². The van der Waals surface area contributed by atoms with Crippen molar-refractivity contribution in [3.63, 3.8) is 0 Å². The molecule has 9 rings (SSSR count). The van der Waals surface area contributed by atoms with E-state index in [9.17, 15) is 35.1 Å². The SMILES string of the molecule is FC1=CC2=C3N=C(N=C4N=C(N=c5[nH]c(c6cc(F)c(F)cc56)=NC5=NC(=N3)c3cc(F)c(F)cc35)c3cc(F)c(F)cc34)C2=CC1F. The molecule has 0 fully saturated rings. The van der Waals surface area contributed by atoms with Crippen LogP contribution in [-0.4, -0.2) is 40.3 Å². The Kier molecular flexibility index (Phi) is 5.65. The Labute approximate surface area is 260 Å². The molecule has 0 saturated heterocycles. The largest absolute Gasteiger partial charge is 0.324 e. The molecule has 0 radical (unpaired) electrons. The van der Waals surface area contributed by atoms with Gasteiger partial charge in [-0.05, 0) is 48.6 Å². The molecule has 5 heterocycles. The number of allylic oxidation sites excluding steroid dienone is 3. The predicted molar refractivity (Wildman–Crippen MR) is 156 cm³/mol. The highest BCUT2D eigenvalue weighted by Crippen LogP contribution is 2.37. The van der Waals surface area contributed by atoms with Gasteiger partial charge >= 0.3 is 0 Å². The lowest BCUT2D eigenvalue weighted by molar-refractivity contribution is 0.379. The Morgan fingerprint density at radius 3 is 1.38 bits per heavy atom. The quantitative estimate of drug-likeness (QED) is 0.244. The summed E-state index contributed by atoms with van der Waals surface area (Å²) in [5.74, 6) is -10.2. The fourth-order valence-corrected chi connectivity index (χ4v) is 5.77. The Hall–Kier alpha value is -6.19.